The van der Waals surface area contributed by atoms with Crippen LogP contribution in [0.25, 0.3) is 11.0 Å². The predicted molar refractivity (Wildman–Crippen MR) is 79.0 cm³/mol. The maximum atomic E-state index is 10.8. The molecule has 0 saturated heterocycles. The zero-order chi connectivity index (χ0) is 14.0. The Labute approximate surface area is 119 Å². The molecule has 0 unspecified atom stereocenters. The maximum Gasteiger partial charge on any atom is 0.271 e. The molecule has 1 N–H and O–H groups in total. The lowest BCUT2D eigenvalue weighted by Crippen LogP contribution is -2.33. The lowest BCUT2D eigenvalue weighted by atomic mass is 10.3. The van der Waals surface area contributed by atoms with Gasteiger partial charge in [-0.15, -0.1) is 0 Å². The van der Waals surface area contributed by atoms with Crippen molar-refractivity contribution in [1.29, 1.82) is 0 Å². The first kappa shape index (κ1) is 13.8. The van der Waals surface area contributed by atoms with E-state index in [1.807, 2.05) is 0 Å². The number of hydrogen-bond donors (Lipinski definition) is 1. The number of halogens is 1. The highest BCUT2D eigenvalue weighted by molar-refractivity contribution is 9.09. The number of aromatic amines is 1. The Balaban J connectivity index is 2.42. The van der Waals surface area contributed by atoms with E-state index < -0.39 is 4.92 Å². The van der Waals surface area contributed by atoms with Crippen molar-refractivity contribution in [1.82, 2.24) is 9.97 Å². The monoisotopic (exact) mass is 326 g/mol. The molecule has 0 fully saturated rings. The molecule has 1 aromatic heterocycles. The van der Waals surface area contributed by atoms with Crippen LogP contribution in [-0.4, -0.2) is 32.8 Å². The summed E-state index contributed by atoms with van der Waals surface area (Å²) in [5.74, 6) is 0.741. The van der Waals surface area contributed by atoms with Gasteiger partial charge in [0.1, 0.15) is 0 Å². The number of rotatable bonds is 5. The van der Waals surface area contributed by atoms with Crippen molar-refractivity contribution >= 4 is 38.6 Å². The topological polar surface area (TPSA) is 75.1 Å². The van der Waals surface area contributed by atoms with Gasteiger partial charge in [0.05, 0.1) is 16.0 Å². The highest BCUT2D eigenvalue weighted by Crippen LogP contribution is 2.23. The third-order valence-electron chi connectivity index (χ3n) is 2.88. The van der Waals surface area contributed by atoms with Crippen LogP contribution in [0.1, 0.15) is 13.8 Å². The van der Waals surface area contributed by atoms with Gasteiger partial charge >= 0.3 is 0 Å². The van der Waals surface area contributed by atoms with Gasteiger partial charge in [0, 0.05) is 30.0 Å². The van der Waals surface area contributed by atoms with Crippen LogP contribution in [0.15, 0.2) is 18.2 Å². The number of fused-ring (bicyclic) bond motifs is 1. The first-order chi connectivity index (χ1) is 9.02. The summed E-state index contributed by atoms with van der Waals surface area (Å²) in [7, 11) is 0. The molecule has 0 spiro atoms. The lowest BCUT2D eigenvalue weighted by molar-refractivity contribution is -0.384. The van der Waals surface area contributed by atoms with Crippen LogP contribution in [-0.2, 0) is 0 Å². The number of alkyl halides is 1. The number of benzene rings is 1. The summed E-state index contributed by atoms with van der Waals surface area (Å²) in [5.41, 5.74) is 1.49. The third kappa shape index (κ3) is 2.86. The minimum absolute atomic E-state index is 0.0688. The Kier molecular flexibility index (Phi) is 4.04. The lowest BCUT2D eigenvalue weighted by Gasteiger charge is -2.25. The van der Waals surface area contributed by atoms with Gasteiger partial charge in [0.25, 0.3) is 5.69 Å². The first-order valence-corrected chi connectivity index (χ1v) is 7.12. The maximum absolute atomic E-state index is 10.8. The van der Waals surface area contributed by atoms with Crippen LogP contribution >= 0.6 is 15.9 Å². The van der Waals surface area contributed by atoms with Crippen molar-refractivity contribution in [2.75, 3.05) is 16.8 Å². The quantitative estimate of drug-likeness (QED) is 0.520. The summed E-state index contributed by atoms with van der Waals surface area (Å²) in [6.07, 6.45) is 0. The fraction of sp³-hybridized carbons (Fsp3) is 0.417. The summed E-state index contributed by atoms with van der Waals surface area (Å²) in [4.78, 5) is 20.1. The second-order valence-electron chi connectivity index (χ2n) is 4.50. The van der Waals surface area contributed by atoms with E-state index in [4.69, 9.17) is 0 Å². The fourth-order valence-electron chi connectivity index (χ4n) is 1.93. The van der Waals surface area contributed by atoms with Crippen LogP contribution in [0.2, 0.25) is 0 Å². The van der Waals surface area contributed by atoms with E-state index in [-0.39, 0.29) is 5.69 Å². The van der Waals surface area contributed by atoms with Gasteiger partial charge in [-0.3, -0.25) is 10.1 Å². The van der Waals surface area contributed by atoms with Crippen molar-refractivity contribution < 1.29 is 4.92 Å². The van der Waals surface area contributed by atoms with Crippen molar-refractivity contribution in [2.24, 2.45) is 0 Å². The molecule has 0 saturated carbocycles. The molecular weight excluding hydrogens is 312 g/mol. The summed E-state index contributed by atoms with van der Waals surface area (Å²) < 4.78 is 0. The second kappa shape index (κ2) is 5.56. The van der Waals surface area contributed by atoms with Gasteiger partial charge < -0.3 is 9.88 Å². The van der Waals surface area contributed by atoms with Crippen molar-refractivity contribution in [3.8, 4) is 0 Å². The molecule has 0 aliphatic rings. The molecule has 1 heterocycles. The highest BCUT2D eigenvalue weighted by atomic mass is 79.9. The van der Waals surface area contributed by atoms with Gasteiger partial charge in [0.2, 0.25) is 5.95 Å². The summed E-state index contributed by atoms with van der Waals surface area (Å²) in [6.45, 7) is 4.98. The third-order valence-corrected chi connectivity index (χ3v) is 3.24. The molecule has 0 aliphatic heterocycles. The van der Waals surface area contributed by atoms with Crippen LogP contribution in [0.5, 0.6) is 0 Å². The average molecular weight is 327 g/mol. The van der Waals surface area contributed by atoms with E-state index in [1.54, 1.807) is 6.07 Å². The Hall–Kier alpha value is -1.63. The Morgan fingerprint density at radius 1 is 1.53 bits per heavy atom. The molecule has 0 amide bonds. The number of anilines is 1. The number of nitrogens with zero attached hydrogens (tertiary/aromatic N) is 3. The highest BCUT2D eigenvalue weighted by Gasteiger charge is 2.15. The Bertz CT molecular complexity index is 596. The molecule has 1 aromatic carbocycles. The molecule has 19 heavy (non-hydrogen) atoms. The van der Waals surface area contributed by atoms with Gasteiger partial charge in [-0.1, -0.05) is 15.9 Å². The molecule has 102 valence electrons. The molecule has 2 aromatic rings. The van der Waals surface area contributed by atoms with Gasteiger partial charge in [-0.25, -0.2) is 4.98 Å². The Morgan fingerprint density at radius 3 is 2.84 bits per heavy atom. The zero-order valence-electron chi connectivity index (χ0n) is 10.8. The fourth-order valence-corrected chi connectivity index (χ4v) is 2.32. The van der Waals surface area contributed by atoms with E-state index in [2.05, 4.69) is 44.6 Å². The van der Waals surface area contributed by atoms with Crippen molar-refractivity contribution in [3.63, 3.8) is 0 Å². The SMILES string of the molecule is CC(C)N(CCBr)c1nc2ccc([N+](=O)[O-])cc2[nH]1. The number of hydrogen-bond acceptors (Lipinski definition) is 4. The van der Waals surface area contributed by atoms with E-state index in [1.165, 1.54) is 12.1 Å². The number of imidazole rings is 1. The van der Waals surface area contributed by atoms with E-state index in [0.29, 0.717) is 11.6 Å². The van der Waals surface area contributed by atoms with E-state index in [9.17, 15) is 10.1 Å². The molecular formula is C12H15BrN4O2. The Morgan fingerprint density at radius 2 is 2.26 bits per heavy atom. The largest absolute Gasteiger partial charge is 0.339 e. The number of nitro benzene ring substituents is 1. The van der Waals surface area contributed by atoms with Crippen molar-refractivity contribution in [3.05, 3.63) is 28.3 Å². The molecule has 7 heteroatoms. The normalized spacial score (nSPS) is 11.2. The number of H-pyrrole nitrogens is 1. The number of aromatic nitrogens is 2. The molecule has 0 atom stereocenters. The smallest absolute Gasteiger partial charge is 0.271 e. The standard InChI is InChI=1S/C12H15BrN4O2/c1-8(2)16(6-5-13)12-14-10-4-3-9(17(18)19)7-11(10)15-12/h3-4,7-8H,5-6H2,1-2H3,(H,14,15). The average Bonchev–Trinajstić information content (AvgIpc) is 2.77. The minimum atomic E-state index is -0.404. The molecule has 0 bridgehead atoms. The van der Waals surface area contributed by atoms with Gasteiger partial charge in [-0.2, -0.15) is 0 Å². The van der Waals surface area contributed by atoms with E-state index in [0.717, 1.165) is 23.3 Å². The van der Waals surface area contributed by atoms with Gasteiger partial charge in [-0.05, 0) is 19.9 Å². The number of non-ortho nitro benzene ring substituents is 1. The first-order valence-electron chi connectivity index (χ1n) is 5.99. The minimum Gasteiger partial charge on any atom is -0.339 e. The molecule has 0 aliphatic carbocycles. The van der Waals surface area contributed by atoms with Crippen LogP contribution in [0, 0.1) is 10.1 Å². The number of nitrogens with one attached hydrogen (secondary N) is 1. The van der Waals surface area contributed by atoms with Gasteiger partial charge in [0.15, 0.2) is 0 Å². The molecule has 6 nitrogen and oxygen atoms in total. The van der Waals surface area contributed by atoms with Crippen LogP contribution in [0.3, 0.4) is 0 Å². The summed E-state index contributed by atoms with van der Waals surface area (Å²) in [6, 6.07) is 4.95. The molecule has 0 radical (unpaired) electrons. The zero-order valence-corrected chi connectivity index (χ0v) is 12.3. The second-order valence-corrected chi connectivity index (χ2v) is 5.29. The number of nitro groups is 1. The molecule has 2 rings (SSSR count). The van der Waals surface area contributed by atoms with E-state index >= 15 is 0 Å². The van der Waals surface area contributed by atoms with Crippen molar-refractivity contribution in [2.45, 2.75) is 19.9 Å². The summed E-state index contributed by atoms with van der Waals surface area (Å²) >= 11 is 3.42. The predicted octanol–water partition coefficient (Wildman–Crippen LogP) is 3.08. The van der Waals surface area contributed by atoms with Crippen LogP contribution < -0.4 is 4.90 Å². The summed E-state index contributed by atoms with van der Waals surface area (Å²) in [5, 5.41) is 11.6. The van der Waals surface area contributed by atoms with Crippen LogP contribution in [0.4, 0.5) is 11.6 Å².